The number of primary amides is 1. The number of carbonyl (C=O) groups excluding carboxylic acids is 2. The number of para-hydroxylation sites is 1. The van der Waals surface area contributed by atoms with Gasteiger partial charge < -0.3 is 15.8 Å². The van der Waals surface area contributed by atoms with Gasteiger partial charge in [-0.25, -0.2) is 14.8 Å². The van der Waals surface area contributed by atoms with Crippen LogP contribution in [0.2, 0.25) is 0 Å². The monoisotopic (exact) mass is 417 g/mol. The van der Waals surface area contributed by atoms with E-state index in [1.54, 1.807) is 31.3 Å². The Bertz CT molecular complexity index is 1320. The van der Waals surface area contributed by atoms with Gasteiger partial charge >= 0.3 is 6.03 Å². The van der Waals surface area contributed by atoms with E-state index in [0.29, 0.717) is 44.6 Å². The van der Waals surface area contributed by atoms with Crippen LogP contribution in [0, 0.1) is 6.92 Å². The quantitative estimate of drug-likeness (QED) is 0.505. The van der Waals surface area contributed by atoms with Crippen LogP contribution in [-0.4, -0.2) is 21.9 Å². The first kappa shape index (κ1) is 18.1. The molecule has 4 aromatic rings. The van der Waals surface area contributed by atoms with E-state index in [1.165, 1.54) is 4.90 Å². The van der Waals surface area contributed by atoms with Crippen LogP contribution in [0.5, 0.6) is 11.6 Å². The number of pyridine rings is 2. The van der Waals surface area contributed by atoms with Gasteiger partial charge in [0.25, 0.3) is 5.91 Å². The first-order valence-electron chi connectivity index (χ1n) is 9.06. The summed E-state index contributed by atoms with van der Waals surface area (Å²) in [6.45, 7) is 1.77. The third-order valence-corrected chi connectivity index (χ3v) is 5.80. The van der Waals surface area contributed by atoms with Gasteiger partial charge in [-0.15, -0.1) is 11.3 Å². The number of aromatic nitrogens is 2. The van der Waals surface area contributed by atoms with Crippen molar-refractivity contribution in [3.63, 3.8) is 0 Å². The summed E-state index contributed by atoms with van der Waals surface area (Å²) in [4.78, 5) is 36.2. The highest BCUT2D eigenvalue weighted by Gasteiger charge is 2.34. The van der Waals surface area contributed by atoms with Crippen molar-refractivity contribution in [2.45, 2.75) is 6.92 Å². The van der Waals surface area contributed by atoms with E-state index in [-0.39, 0.29) is 4.88 Å². The van der Waals surface area contributed by atoms with Crippen LogP contribution in [0.4, 0.5) is 21.9 Å². The topological polar surface area (TPSA) is 110 Å². The minimum Gasteiger partial charge on any atom is -0.439 e. The van der Waals surface area contributed by atoms with Crippen LogP contribution in [0.15, 0.2) is 54.7 Å². The van der Waals surface area contributed by atoms with Crippen LogP contribution in [0.3, 0.4) is 0 Å². The lowest BCUT2D eigenvalue weighted by Gasteiger charge is -2.29. The average molecular weight is 417 g/mol. The number of aryl methyl sites for hydroxylation is 1. The Kier molecular flexibility index (Phi) is 4.11. The van der Waals surface area contributed by atoms with Gasteiger partial charge in [0.05, 0.1) is 28.1 Å². The van der Waals surface area contributed by atoms with Gasteiger partial charge in [-0.05, 0) is 31.2 Å². The van der Waals surface area contributed by atoms with E-state index >= 15 is 0 Å². The lowest BCUT2D eigenvalue weighted by molar-refractivity contribution is 0.100. The summed E-state index contributed by atoms with van der Waals surface area (Å²) >= 11 is 1.16. The number of nitrogens with one attached hydrogen (secondary N) is 1. The minimum absolute atomic E-state index is 0.267. The Morgan fingerprint density at radius 2 is 1.97 bits per heavy atom. The minimum atomic E-state index is -0.617. The smallest absolute Gasteiger partial charge is 0.331 e. The molecule has 9 heteroatoms. The molecule has 30 heavy (non-hydrogen) atoms. The summed E-state index contributed by atoms with van der Waals surface area (Å²) in [7, 11) is 0. The van der Waals surface area contributed by atoms with Crippen molar-refractivity contribution >= 4 is 50.6 Å². The van der Waals surface area contributed by atoms with Crippen LogP contribution in [0.1, 0.15) is 15.4 Å². The highest BCUT2D eigenvalue weighted by atomic mass is 32.1. The van der Waals surface area contributed by atoms with E-state index in [4.69, 9.17) is 10.5 Å². The molecule has 3 aromatic heterocycles. The zero-order valence-electron chi connectivity index (χ0n) is 15.7. The molecule has 3 amide bonds. The lowest BCUT2D eigenvalue weighted by Crippen LogP contribution is -2.35. The third-order valence-electron chi connectivity index (χ3n) is 4.70. The second-order valence-electron chi connectivity index (χ2n) is 6.62. The Morgan fingerprint density at radius 3 is 2.70 bits per heavy atom. The van der Waals surface area contributed by atoms with Crippen LogP contribution in [-0.2, 0) is 0 Å². The summed E-state index contributed by atoms with van der Waals surface area (Å²) in [5.74, 6) is 0.434. The number of amides is 3. The first-order valence-corrected chi connectivity index (χ1v) is 9.87. The van der Waals surface area contributed by atoms with Gasteiger partial charge in [0.2, 0.25) is 5.88 Å². The van der Waals surface area contributed by atoms with Crippen molar-refractivity contribution in [2.24, 2.45) is 5.73 Å². The number of urea groups is 1. The number of ether oxygens (including phenoxy) is 1. The summed E-state index contributed by atoms with van der Waals surface area (Å²) in [6, 6.07) is 14.0. The third kappa shape index (κ3) is 2.83. The number of hydrogen-bond donors (Lipinski definition) is 2. The summed E-state index contributed by atoms with van der Waals surface area (Å²) in [5.41, 5.74) is 7.71. The molecule has 0 bridgehead atoms. The lowest BCUT2D eigenvalue weighted by atomic mass is 10.1. The molecular formula is C21H15N5O3S. The number of thiophene rings is 1. The average Bonchev–Trinajstić information content (AvgIpc) is 3.11. The molecule has 0 fully saturated rings. The Labute approximate surface area is 174 Å². The SMILES string of the molecule is Cc1nc(Oc2ccccc2)ccc1N1C(=O)Nc2ccnc3sc(C(N)=O)c1c23. The van der Waals surface area contributed by atoms with Crippen molar-refractivity contribution in [1.29, 1.82) is 0 Å². The Balaban J connectivity index is 1.62. The number of nitrogens with zero attached hydrogens (tertiary/aromatic N) is 3. The second kappa shape index (κ2) is 6.82. The van der Waals surface area contributed by atoms with Crippen molar-refractivity contribution in [3.05, 3.63) is 65.3 Å². The van der Waals surface area contributed by atoms with Gasteiger partial charge in [0.1, 0.15) is 15.5 Å². The fourth-order valence-electron chi connectivity index (χ4n) is 3.43. The predicted molar refractivity (Wildman–Crippen MR) is 115 cm³/mol. The van der Waals surface area contributed by atoms with Crippen molar-refractivity contribution in [3.8, 4) is 11.6 Å². The van der Waals surface area contributed by atoms with E-state index in [9.17, 15) is 9.59 Å². The summed E-state index contributed by atoms with van der Waals surface area (Å²) in [6.07, 6.45) is 1.58. The van der Waals surface area contributed by atoms with Gasteiger partial charge in [-0.1, -0.05) is 18.2 Å². The largest absolute Gasteiger partial charge is 0.439 e. The molecule has 0 saturated heterocycles. The number of hydrogen-bond acceptors (Lipinski definition) is 6. The maximum atomic E-state index is 13.0. The molecule has 0 saturated carbocycles. The highest BCUT2D eigenvalue weighted by Crippen LogP contribution is 2.47. The van der Waals surface area contributed by atoms with E-state index < -0.39 is 11.9 Å². The predicted octanol–water partition coefficient (Wildman–Crippen LogP) is 4.57. The summed E-state index contributed by atoms with van der Waals surface area (Å²) in [5, 5.41) is 3.53. The zero-order chi connectivity index (χ0) is 20.8. The molecule has 0 aliphatic carbocycles. The molecule has 0 atom stereocenters. The van der Waals surface area contributed by atoms with Gasteiger partial charge in [0, 0.05) is 12.3 Å². The van der Waals surface area contributed by atoms with Gasteiger partial charge in [0.15, 0.2) is 0 Å². The van der Waals surface area contributed by atoms with Gasteiger partial charge in [-0.3, -0.25) is 9.69 Å². The molecule has 4 heterocycles. The van der Waals surface area contributed by atoms with Gasteiger partial charge in [-0.2, -0.15) is 0 Å². The molecule has 1 aliphatic rings. The van der Waals surface area contributed by atoms with E-state index in [0.717, 1.165) is 11.3 Å². The molecule has 0 unspecified atom stereocenters. The number of rotatable bonds is 4. The molecule has 1 aromatic carbocycles. The van der Waals surface area contributed by atoms with E-state index in [2.05, 4.69) is 15.3 Å². The normalized spacial score (nSPS) is 12.7. The second-order valence-corrected chi connectivity index (χ2v) is 7.62. The van der Waals surface area contributed by atoms with Crippen LogP contribution in [0.25, 0.3) is 10.2 Å². The maximum absolute atomic E-state index is 13.0. The molecular weight excluding hydrogens is 402 g/mol. The number of benzene rings is 1. The zero-order valence-corrected chi connectivity index (χ0v) is 16.6. The highest BCUT2D eigenvalue weighted by molar-refractivity contribution is 7.21. The summed E-state index contributed by atoms with van der Waals surface area (Å²) < 4.78 is 5.78. The standard InChI is InChI=1S/C21H15N5O3S/c1-11-14(7-8-15(24-11)29-12-5-3-2-4-6-12)26-17-16-13(25-21(26)28)9-10-23-20(16)30-18(17)19(22)27/h2-10H,1H3,(H2,22,27)(H,25,28). The molecule has 0 radical (unpaired) electrons. The fourth-order valence-corrected chi connectivity index (χ4v) is 4.43. The number of carbonyl (C=O) groups is 2. The molecule has 1 aliphatic heterocycles. The molecule has 3 N–H and O–H groups in total. The Morgan fingerprint density at radius 1 is 1.17 bits per heavy atom. The van der Waals surface area contributed by atoms with E-state index in [1.807, 2.05) is 30.3 Å². The molecule has 148 valence electrons. The molecule has 0 spiro atoms. The maximum Gasteiger partial charge on any atom is 0.331 e. The number of nitrogens with two attached hydrogens (primary N) is 1. The van der Waals surface area contributed by atoms with Crippen molar-refractivity contribution in [1.82, 2.24) is 9.97 Å². The van der Waals surface area contributed by atoms with Crippen molar-refractivity contribution in [2.75, 3.05) is 10.2 Å². The first-order chi connectivity index (χ1) is 14.5. The Hall–Kier alpha value is -3.98. The molecule has 8 nitrogen and oxygen atoms in total. The van der Waals surface area contributed by atoms with Crippen molar-refractivity contribution < 1.29 is 14.3 Å². The van der Waals surface area contributed by atoms with Crippen LogP contribution < -0.4 is 20.7 Å². The number of anilines is 3. The molecule has 5 rings (SSSR count). The fraction of sp³-hybridized carbons (Fsp3) is 0.0476. The van der Waals surface area contributed by atoms with Crippen LogP contribution >= 0.6 is 11.3 Å².